The van der Waals surface area contributed by atoms with Gasteiger partial charge in [-0.1, -0.05) is 17.3 Å². The van der Waals surface area contributed by atoms with E-state index in [2.05, 4.69) is 17.3 Å². The smallest absolute Gasteiger partial charge is 0.414 e. The Morgan fingerprint density at radius 3 is 2.61 bits per heavy atom. The Bertz CT molecular complexity index is 575. The number of rotatable bonds is 4. The van der Waals surface area contributed by atoms with E-state index in [0.717, 1.165) is 37.1 Å². The van der Waals surface area contributed by atoms with Crippen molar-refractivity contribution in [2.24, 2.45) is 5.16 Å². The van der Waals surface area contributed by atoms with Crippen LogP contribution in [0.25, 0.3) is 0 Å². The molecule has 1 amide bonds. The fraction of sp³-hybridized carbons (Fsp3) is 0.529. The monoisotopic (exact) mass is 318 g/mol. The number of oxime groups is 1. The molecule has 0 unspecified atom stereocenters. The molecule has 1 aliphatic heterocycles. The minimum Gasteiger partial charge on any atom is -0.441 e. The number of nitrogens with zero attached hydrogens (tertiary/aromatic N) is 2. The first-order chi connectivity index (χ1) is 11.2. The normalized spacial score (nSPS) is 24.7. The van der Waals surface area contributed by atoms with Crippen LogP contribution in [-0.4, -0.2) is 43.4 Å². The van der Waals surface area contributed by atoms with E-state index in [9.17, 15) is 4.79 Å². The Labute approximate surface area is 135 Å². The molecule has 1 aromatic carbocycles. The van der Waals surface area contributed by atoms with Gasteiger partial charge in [0.1, 0.15) is 6.10 Å². The van der Waals surface area contributed by atoms with E-state index in [1.54, 1.807) is 12.0 Å². The predicted octanol–water partition coefficient (Wildman–Crippen LogP) is 3.15. The largest absolute Gasteiger partial charge is 0.441 e. The molecule has 0 spiro atoms. The van der Waals surface area contributed by atoms with Crippen molar-refractivity contribution in [3.63, 3.8) is 0 Å². The highest BCUT2D eigenvalue weighted by Crippen LogP contribution is 2.33. The molecule has 124 valence electrons. The molecule has 1 saturated heterocycles. The summed E-state index contributed by atoms with van der Waals surface area (Å²) in [6.07, 6.45) is 3.17. The first-order valence-electron chi connectivity index (χ1n) is 7.98. The Morgan fingerprint density at radius 2 is 2.00 bits per heavy atom. The van der Waals surface area contributed by atoms with Gasteiger partial charge in [0.05, 0.1) is 18.9 Å². The zero-order chi connectivity index (χ0) is 16.2. The predicted molar refractivity (Wildman–Crippen MR) is 86.4 cm³/mol. The van der Waals surface area contributed by atoms with Crippen molar-refractivity contribution in [2.75, 3.05) is 25.2 Å². The third kappa shape index (κ3) is 3.47. The lowest BCUT2D eigenvalue weighted by Gasteiger charge is -2.23. The molecule has 0 radical (unpaired) electrons. The van der Waals surface area contributed by atoms with Crippen LogP contribution in [0.1, 0.15) is 37.2 Å². The molecule has 1 heterocycles. The Morgan fingerprint density at radius 1 is 1.30 bits per heavy atom. The van der Waals surface area contributed by atoms with Gasteiger partial charge < -0.3 is 14.7 Å². The van der Waals surface area contributed by atoms with Crippen LogP contribution >= 0.6 is 0 Å². The number of anilines is 1. The highest BCUT2D eigenvalue weighted by molar-refractivity contribution is 5.89. The van der Waals surface area contributed by atoms with Gasteiger partial charge in [0.15, 0.2) is 0 Å². The van der Waals surface area contributed by atoms with E-state index in [0.29, 0.717) is 19.1 Å². The van der Waals surface area contributed by atoms with Crippen molar-refractivity contribution in [3.8, 4) is 0 Å². The van der Waals surface area contributed by atoms with Crippen molar-refractivity contribution in [1.29, 1.82) is 0 Å². The summed E-state index contributed by atoms with van der Waals surface area (Å²) in [6.45, 7) is 0.933. The third-order valence-electron chi connectivity index (χ3n) is 4.61. The summed E-state index contributed by atoms with van der Waals surface area (Å²) in [6, 6.07) is 8.11. The third-order valence-corrected chi connectivity index (χ3v) is 4.61. The summed E-state index contributed by atoms with van der Waals surface area (Å²) in [7, 11) is 1.60. The Balaban J connectivity index is 1.65. The summed E-state index contributed by atoms with van der Waals surface area (Å²) in [5.41, 5.74) is 3.01. The van der Waals surface area contributed by atoms with Crippen LogP contribution in [0.5, 0.6) is 0 Å². The molecule has 0 bridgehead atoms. The standard InChI is InChI=1S/C17H22N2O4/c1-22-11-16-10-19(17(20)23-16)15-8-4-13(5-9-15)12-2-6-14(18-21)7-3-12/h4-5,8-9,12,16,21H,2-3,6-7,10-11H2,1H3/t12?,16-/m0/s1. The van der Waals surface area contributed by atoms with Crippen molar-refractivity contribution in [2.45, 2.75) is 37.7 Å². The minimum atomic E-state index is -0.318. The molecule has 1 N–H and O–H groups in total. The topological polar surface area (TPSA) is 71.4 Å². The summed E-state index contributed by atoms with van der Waals surface area (Å²) in [4.78, 5) is 13.6. The second kappa shape index (κ2) is 7.00. The number of amides is 1. The van der Waals surface area contributed by atoms with E-state index in [4.69, 9.17) is 14.7 Å². The minimum absolute atomic E-state index is 0.207. The van der Waals surface area contributed by atoms with Gasteiger partial charge in [0, 0.05) is 12.8 Å². The molecule has 3 rings (SSSR count). The average Bonchev–Trinajstić information content (AvgIpc) is 2.96. The number of carbonyl (C=O) groups excluding carboxylic acids is 1. The van der Waals surface area contributed by atoms with Crippen LogP contribution in [0, 0.1) is 0 Å². The quantitative estimate of drug-likeness (QED) is 0.684. The van der Waals surface area contributed by atoms with Gasteiger partial charge in [-0.3, -0.25) is 4.90 Å². The van der Waals surface area contributed by atoms with E-state index in [1.165, 1.54) is 5.56 Å². The van der Waals surface area contributed by atoms with Gasteiger partial charge in [-0.15, -0.1) is 0 Å². The van der Waals surface area contributed by atoms with E-state index >= 15 is 0 Å². The van der Waals surface area contributed by atoms with Gasteiger partial charge >= 0.3 is 6.09 Å². The summed E-state index contributed by atoms with van der Waals surface area (Å²) in [5.74, 6) is 0.487. The molecule has 6 heteroatoms. The lowest BCUT2D eigenvalue weighted by atomic mass is 9.83. The van der Waals surface area contributed by atoms with Crippen LogP contribution in [0.2, 0.25) is 0 Å². The van der Waals surface area contributed by atoms with Gasteiger partial charge in [0.2, 0.25) is 0 Å². The van der Waals surface area contributed by atoms with Crippen molar-refractivity contribution in [1.82, 2.24) is 0 Å². The molecule has 1 saturated carbocycles. The number of hydrogen-bond donors (Lipinski definition) is 1. The summed E-state index contributed by atoms with van der Waals surface area (Å²) in [5, 5.41) is 12.1. The molecular formula is C17H22N2O4. The fourth-order valence-corrected chi connectivity index (χ4v) is 3.32. The maximum Gasteiger partial charge on any atom is 0.414 e. The van der Waals surface area contributed by atoms with Gasteiger partial charge in [0.25, 0.3) is 0 Å². The van der Waals surface area contributed by atoms with Gasteiger partial charge in [-0.05, 0) is 49.3 Å². The average molecular weight is 318 g/mol. The lowest BCUT2D eigenvalue weighted by molar-refractivity contribution is 0.0718. The second-order valence-corrected chi connectivity index (χ2v) is 6.10. The lowest BCUT2D eigenvalue weighted by Crippen LogP contribution is -2.25. The first kappa shape index (κ1) is 15.8. The SMILES string of the molecule is COC[C@@H]1CN(c2ccc(C3CCC(=NO)CC3)cc2)C(=O)O1. The Kier molecular flexibility index (Phi) is 4.81. The molecule has 2 fully saturated rings. The van der Waals surface area contributed by atoms with Crippen LogP contribution in [-0.2, 0) is 9.47 Å². The number of carbonyl (C=O) groups is 1. The fourth-order valence-electron chi connectivity index (χ4n) is 3.32. The second-order valence-electron chi connectivity index (χ2n) is 6.10. The number of benzene rings is 1. The number of hydrogen-bond acceptors (Lipinski definition) is 5. The van der Waals surface area contributed by atoms with Crippen molar-refractivity contribution in [3.05, 3.63) is 29.8 Å². The van der Waals surface area contributed by atoms with Crippen molar-refractivity contribution >= 4 is 17.5 Å². The zero-order valence-corrected chi connectivity index (χ0v) is 13.3. The highest BCUT2D eigenvalue weighted by Gasteiger charge is 2.32. The molecule has 1 aliphatic carbocycles. The van der Waals surface area contributed by atoms with E-state index in [-0.39, 0.29) is 12.2 Å². The maximum absolute atomic E-state index is 11.9. The van der Waals surface area contributed by atoms with Crippen LogP contribution < -0.4 is 4.90 Å². The number of methoxy groups -OCH3 is 1. The summed E-state index contributed by atoms with van der Waals surface area (Å²) < 4.78 is 10.3. The number of ether oxygens (including phenoxy) is 2. The molecule has 23 heavy (non-hydrogen) atoms. The van der Waals surface area contributed by atoms with Crippen LogP contribution in [0.3, 0.4) is 0 Å². The maximum atomic E-state index is 11.9. The summed E-state index contributed by atoms with van der Waals surface area (Å²) >= 11 is 0. The van der Waals surface area contributed by atoms with Crippen molar-refractivity contribution < 1.29 is 19.5 Å². The molecule has 1 atom stereocenters. The van der Waals surface area contributed by atoms with E-state index in [1.807, 2.05) is 12.1 Å². The van der Waals surface area contributed by atoms with Gasteiger partial charge in [-0.25, -0.2) is 4.79 Å². The molecular weight excluding hydrogens is 296 g/mol. The van der Waals surface area contributed by atoms with E-state index < -0.39 is 0 Å². The zero-order valence-electron chi connectivity index (χ0n) is 13.3. The van der Waals surface area contributed by atoms with Crippen LogP contribution in [0.4, 0.5) is 10.5 Å². The molecule has 2 aliphatic rings. The number of cyclic esters (lactones) is 1. The van der Waals surface area contributed by atoms with Gasteiger partial charge in [-0.2, -0.15) is 0 Å². The van der Waals surface area contributed by atoms with Crippen LogP contribution in [0.15, 0.2) is 29.4 Å². The Hall–Kier alpha value is -2.08. The molecule has 0 aromatic heterocycles. The molecule has 1 aromatic rings. The first-order valence-corrected chi connectivity index (χ1v) is 7.98. The molecule has 6 nitrogen and oxygen atoms in total. The highest BCUT2D eigenvalue weighted by atomic mass is 16.6.